The number of rotatable bonds is 5. The van der Waals surface area contributed by atoms with Gasteiger partial charge in [0, 0.05) is 47.4 Å². The fraction of sp³-hybridized carbons (Fsp3) is 0.500. The van der Waals surface area contributed by atoms with Gasteiger partial charge in [0.15, 0.2) is 5.78 Å². The van der Waals surface area contributed by atoms with E-state index in [4.69, 9.17) is 4.74 Å². The van der Waals surface area contributed by atoms with E-state index in [1.54, 1.807) is 12.1 Å². The molecule has 2 fully saturated rings. The van der Waals surface area contributed by atoms with E-state index >= 15 is 0 Å². The van der Waals surface area contributed by atoms with Crippen LogP contribution >= 0.6 is 11.3 Å². The molecule has 0 radical (unpaired) electrons. The first kappa shape index (κ1) is 18.4. The van der Waals surface area contributed by atoms with Crippen LogP contribution < -0.4 is 5.32 Å². The Labute approximate surface area is 168 Å². The van der Waals surface area contributed by atoms with Crippen LogP contribution in [0.2, 0.25) is 0 Å². The van der Waals surface area contributed by atoms with Gasteiger partial charge in [0.25, 0.3) is 0 Å². The molecule has 6 heteroatoms. The van der Waals surface area contributed by atoms with Crippen molar-refractivity contribution in [2.75, 3.05) is 26.2 Å². The number of hydrogen-bond donors (Lipinski definition) is 1. The first-order valence-electron chi connectivity index (χ1n) is 10.2. The van der Waals surface area contributed by atoms with Gasteiger partial charge in [-0.2, -0.15) is 0 Å². The average Bonchev–Trinajstić information content (AvgIpc) is 3.49. The Hall–Kier alpha value is -1.60. The molecular weight excluding hydrogens is 375 g/mol. The zero-order valence-electron chi connectivity index (χ0n) is 15.8. The van der Waals surface area contributed by atoms with Gasteiger partial charge in [0.2, 0.25) is 0 Å². The molecule has 2 unspecified atom stereocenters. The molecule has 5 rings (SSSR count). The van der Waals surface area contributed by atoms with Crippen LogP contribution in [0.4, 0.5) is 4.39 Å². The van der Waals surface area contributed by atoms with Crippen LogP contribution in [-0.2, 0) is 22.5 Å². The van der Waals surface area contributed by atoms with Crippen LogP contribution in [0.3, 0.4) is 0 Å². The number of carbonyl (C=O) groups excluding carboxylic acids is 1. The molecule has 1 saturated heterocycles. The Morgan fingerprint density at radius 1 is 1.32 bits per heavy atom. The van der Waals surface area contributed by atoms with Gasteiger partial charge in [0.05, 0.1) is 12.6 Å². The molecule has 0 amide bonds. The zero-order chi connectivity index (χ0) is 19.1. The lowest BCUT2D eigenvalue weighted by Gasteiger charge is -2.34. The quantitative estimate of drug-likeness (QED) is 0.832. The monoisotopic (exact) mass is 400 g/mol. The van der Waals surface area contributed by atoms with Crippen molar-refractivity contribution < 1.29 is 13.9 Å². The minimum Gasteiger partial charge on any atom is -0.370 e. The Morgan fingerprint density at radius 3 is 2.93 bits per heavy atom. The molecule has 1 aromatic heterocycles. The Bertz CT molecular complexity index is 873. The van der Waals surface area contributed by atoms with E-state index < -0.39 is 6.04 Å². The van der Waals surface area contributed by atoms with E-state index in [-0.39, 0.29) is 23.6 Å². The summed E-state index contributed by atoms with van der Waals surface area (Å²) in [5.41, 5.74) is 1.79. The molecule has 148 valence electrons. The smallest absolute Gasteiger partial charge is 0.157 e. The van der Waals surface area contributed by atoms with Gasteiger partial charge < -0.3 is 10.1 Å². The van der Waals surface area contributed by atoms with Crippen molar-refractivity contribution in [2.24, 2.45) is 5.92 Å². The second-order valence-electron chi connectivity index (χ2n) is 7.98. The van der Waals surface area contributed by atoms with Crippen LogP contribution in [0, 0.1) is 11.7 Å². The van der Waals surface area contributed by atoms with Crippen molar-refractivity contribution in [1.82, 2.24) is 10.2 Å². The lowest BCUT2D eigenvalue weighted by molar-refractivity contribution is -0.126. The molecule has 3 aliphatic rings. The van der Waals surface area contributed by atoms with E-state index in [1.807, 2.05) is 17.4 Å². The standard InChI is InChI=1S/C22H25FN2O2S/c23-17-4-2-1-3-16(17)21(22(26)14-5-6-14)25-9-7-19-15(13-25)11-20(28-19)18-12-24-8-10-27-18/h1-4,11,14,18,21,24H,5-10,12-13H2. The maximum absolute atomic E-state index is 14.6. The third-order valence-electron chi connectivity index (χ3n) is 5.97. The lowest BCUT2D eigenvalue weighted by Crippen LogP contribution is -2.38. The Kier molecular flexibility index (Phi) is 5.05. The lowest BCUT2D eigenvalue weighted by atomic mass is 9.95. The molecule has 1 saturated carbocycles. The van der Waals surface area contributed by atoms with Gasteiger partial charge in [-0.3, -0.25) is 9.69 Å². The number of fused-ring (bicyclic) bond motifs is 1. The number of hydrogen-bond acceptors (Lipinski definition) is 5. The van der Waals surface area contributed by atoms with Crippen LogP contribution in [0.15, 0.2) is 30.3 Å². The molecule has 28 heavy (non-hydrogen) atoms. The topological polar surface area (TPSA) is 41.6 Å². The molecule has 1 aliphatic carbocycles. The highest BCUT2D eigenvalue weighted by Crippen LogP contribution is 2.41. The predicted molar refractivity (Wildman–Crippen MR) is 107 cm³/mol. The number of morpholine rings is 1. The van der Waals surface area contributed by atoms with Gasteiger partial charge in [-0.1, -0.05) is 18.2 Å². The zero-order valence-corrected chi connectivity index (χ0v) is 16.6. The molecule has 1 aromatic carbocycles. The molecule has 0 spiro atoms. The highest BCUT2D eigenvalue weighted by atomic mass is 32.1. The Morgan fingerprint density at radius 2 is 2.18 bits per heavy atom. The molecule has 3 heterocycles. The number of halogens is 1. The van der Waals surface area contributed by atoms with Crippen LogP contribution in [-0.4, -0.2) is 36.9 Å². The summed E-state index contributed by atoms with van der Waals surface area (Å²) in [4.78, 5) is 17.9. The molecular formula is C22H25FN2O2S. The summed E-state index contributed by atoms with van der Waals surface area (Å²) in [7, 11) is 0. The van der Waals surface area contributed by atoms with Crippen molar-refractivity contribution >= 4 is 17.1 Å². The molecule has 4 nitrogen and oxygen atoms in total. The second kappa shape index (κ2) is 7.67. The maximum Gasteiger partial charge on any atom is 0.157 e. The summed E-state index contributed by atoms with van der Waals surface area (Å²) in [6, 6.07) is 8.53. The summed E-state index contributed by atoms with van der Waals surface area (Å²) in [6.07, 6.45) is 2.91. The van der Waals surface area contributed by atoms with E-state index in [1.165, 1.54) is 21.4 Å². The van der Waals surface area contributed by atoms with Crippen LogP contribution in [0.25, 0.3) is 0 Å². The summed E-state index contributed by atoms with van der Waals surface area (Å²) in [5, 5.41) is 3.39. The fourth-order valence-corrected chi connectivity index (χ4v) is 5.54. The van der Waals surface area contributed by atoms with Gasteiger partial charge in [0.1, 0.15) is 11.9 Å². The van der Waals surface area contributed by atoms with Gasteiger partial charge in [-0.25, -0.2) is 4.39 Å². The fourth-order valence-electron chi connectivity index (χ4n) is 4.32. The average molecular weight is 401 g/mol. The van der Waals surface area contributed by atoms with Gasteiger partial charge >= 0.3 is 0 Å². The number of ketones is 1. The third kappa shape index (κ3) is 3.54. The van der Waals surface area contributed by atoms with Gasteiger partial charge in [-0.05, 0) is 37.0 Å². The molecule has 2 aliphatic heterocycles. The summed E-state index contributed by atoms with van der Waals surface area (Å²) in [5.74, 6) is 0.00885. The summed E-state index contributed by atoms with van der Waals surface area (Å²) < 4.78 is 20.5. The van der Waals surface area contributed by atoms with E-state index in [0.29, 0.717) is 12.1 Å². The van der Waals surface area contributed by atoms with Crippen molar-refractivity contribution in [1.29, 1.82) is 0 Å². The first-order chi connectivity index (χ1) is 13.7. The number of Topliss-reactive ketones (excluding diaryl/α,β-unsaturated/α-hetero) is 1. The molecule has 2 atom stereocenters. The second-order valence-corrected chi connectivity index (χ2v) is 9.15. The number of ether oxygens (including phenoxy) is 1. The number of thiophene rings is 1. The molecule has 0 bridgehead atoms. The Balaban J connectivity index is 1.41. The van der Waals surface area contributed by atoms with E-state index in [2.05, 4.69) is 16.3 Å². The van der Waals surface area contributed by atoms with Crippen LogP contribution in [0.5, 0.6) is 0 Å². The van der Waals surface area contributed by atoms with Crippen molar-refractivity contribution in [3.8, 4) is 0 Å². The minimum atomic E-state index is -0.474. The normalized spacial score (nSPS) is 24.0. The van der Waals surface area contributed by atoms with Crippen molar-refractivity contribution in [3.63, 3.8) is 0 Å². The molecule has 1 N–H and O–H groups in total. The first-order valence-corrected chi connectivity index (χ1v) is 11.0. The molecule has 2 aromatic rings. The summed E-state index contributed by atoms with van der Waals surface area (Å²) in [6.45, 7) is 3.98. The van der Waals surface area contributed by atoms with Crippen molar-refractivity contribution in [3.05, 3.63) is 57.0 Å². The largest absolute Gasteiger partial charge is 0.370 e. The van der Waals surface area contributed by atoms with E-state index in [9.17, 15) is 9.18 Å². The number of nitrogens with zero attached hydrogens (tertiary/aromatic N) is 1. The number of benzene rings is 1. The number of carbonyl (C=O) groups is 1. The third-order valence-corrected chi connectivity index (χ3v) is 7.30. The van der Waals surface area contributed by atoms with Gasteiger partial charge in [-0.15, -0.1) is 11.3 Å². The maximum atomic E-state index is 14.6. The number of nitrogens with one attached hydrogen (secondary N) is 1. The predicted octanol–water partition coefficient (Wildman–Crippen LogP) is 3.63. The van der Waals surface area contributed by atoms with Crippen molar-refractivity contribution in [2.45, 2.75) is 38.0 Å². The SMILES string of the molecule is O=C(C1CC1)C(c1ccccc1F)N1CCc2sc(C3CNCCO3)cc2C1. The van der Waals surface area contributed by atoms with E-state index in [0.717, 1.165) is 45.5 Å². The minimum absolute atomic E-state index is 0.103. The highest BCUT2D eigenvalue weighted by molar-refractivity contribution is 7.12. The van der Waals surface area contributed by atoms with Crippen LogP contribution in [0.1, 0.15) is 45.9 Å². The summed E-state index contributed by atoms with van der Waals surface area (Å²) >= 11 is 1.83. The highest BCUT2D eigenvalue weighted by Gasteiger charge is 2.40.